The van der Waals surface area contributed by atoms with Gasteiger partial charge in [-0.25, -0.2) is 0 Å². The summed E-state index contributed by atoms with van der Waals surface area (Å²) in [5, 5.41) is 3.53. The van der Waals surface area contributed by atoms with Crippen LogP contribution in [0.1, 0.15) is 79.8 Å². The summed E-state index contributed by atoms with van der Waals surface area (Å²) in [4.78, 5) is 25.6. The molecule has 1 unspecified atom stereocenters. The summed E-state index contributed by atoms with van der Waals surface area (Å²) in [5.74, 6) is 0.604. The van der Waals surface area contributed by atoms with Crippen molar-refractivity contribution in [2.45, 2.75) is 66.8 Å². The zero-order chi connectivity index (χ0) is 18.7. The van der Waals surface area contributed by atoms with E-state index in [-0.39, 0.29) is 23.4 Å². The van der Waals surface area contributed by atoms with Gasteiger partial charge in [-0.3, -0.25) is 9.59 Å². The number of carbonyl (C=O) groups is 2. The van der Waals surface area contributed by atoms with Crippen molar-refractivity contribution in [3.05, 3.63) is 34.4 Å². The monoisotopic (exact) mass is 343 g/mol. The van der Waals surface area contributed by atoms with Crippen molar-refractivity contribution in [2.24, 2.45) is 17.8 Å². The van der Waals surface area contributed by atoms with Gasteiger partial charge in [0, 0.05) is 29.0 Å². The largest absolute Gasteiger partial charge is 0.314 e. The molecule has 0 radical (unpaired) electrons. The second-order valence-corrected chi connectivity index (χ2v) is 8.34. The molecule has 0 fully saturated rings. The highest BCUT2D eigenvalue weighted by Crippen LogP contribution is 2.32. The first kappa shape index (κ1) is 19.8. The van der Waals surface area contributed by atoms with E-state index in [9.17, 15) is 9.59 Å². The number of fused-ring (bicyclic) bond motifs is 1. The Morgan fingerprint density at radius 1 is 1.04 bits per heavy atom. The topological polar surface area (TPSA) is 46.2 Å². The molecule has 3 heteroatoms. The predicted molar refractivity (Wildman–Crippen MR) is 103 cm³/mol. The lowest BCUT2D eigenvalue weighted by molar-refractivity contribution is 0.0904. The number of hydrogen-bond donors (Lipinski definition) is 1. The van der Waals surface area contributed by atoms with Crippen LogP contribution in [0.3, 0.4) is 0 Å². The van der Waals surface area contributed by atoms with Crippen molar-refractivity contribution in [1.29, 1.82) is 0 Å². The molecule has 1 aromatic carbocycles. The molecule has 3 nitrogen and oxygen atoms in total. The van der Waals surface area contributed by atoms with Gasteiger partial charge in [-0.2, -0.15) is 0 Å². The Labute approximate surface area is 152 Å². The van der Waals surface area contributed by atoms with E-state index in [2.05, 4.69) is 25.2 Å². The third-order valence-corrected chi connectivity index (χ3v) is 5.10. The van der Waals surface area contributed by atoms with Gasteiger partial charge in [0.1, 0.15) is 0 Å². The van der Waals surface area contributed by atoms with Crippen LogP contribution >= 0.6 is 0 Å². The van der Waals surface area contributed by atoms with Crippen LogP contribution in [0.15, 0.2) is 12.1 Å². The summed E-state index contributed by atoms with van der Waals surface area (Å²) in [5.41, 5.74) is 3.73. The Bertz CT molecular complexity index is 644. The van der Waals surface area contributed by atoms with E-state index in [0.29, 0.717) is 23.1 Å². The van der Waals surface area contributed by atoms with Crippen LogP contribution in [0.25, 0.3) is 0 Å². The Morgan fingerprint density at radius 2 is 1.68 bits per heavy atom. The smallest absolute Gasteiger partial charge is 0.166 e. The molecule has 0 bridgehead atoms. The van der Waals surface area contributed by atoms with E-state index < -0.39 is 0 Å². The van der Waals surface area contributed by atoms with Crippen LogP contribution < -0.4 is 5.32 Å². The quantitative estimate of drug-likeness (QED) is 0.743. The summed E-state index contributed by atoms with van der Waals surface area (Å²) < 4.78 is 0. The number of rotatable bonds is 7. The second-order valence-electron chi connectivity index (χ2n) is 8.34. The van der Waals surface area contributed by atoms with E-state index in [0.717, 1.165) is 31.4 Å². The maximum Gasteiger partial charge on any atom is 0.166 e. The van der Waals surface area contributed by atoms with Crippen LogP contribution in [0, 0.1) is 17.8 Å². The molecule has 0 spiro atoms. The summed E-state index contributed by atoms with van der Waals surface area (Å²) in [6, 6.07) is 4.48. The fraction of sp³-hybridized carbons (Fsp3) is 0.636. The third-order valence-electron chi connectivity index (χ3n) is 5.10. The molecule has 0 amide bonds. The SMILES string of the molecule is CC(C)NCC1CCc2c(ccc(C(=O)C(C)C)c2C(=O)C(C)C)C1. The number of carbonyl (C=O) groups excluding carboxylic acids is 2. The van der Waals surface area contributed by atoms with Crippen LogP contribution in [-0.4, -0.2) is 24.2 Å². The molecule has 138 valence electrons. The van der Waals surface area contributed by atoms with Gasteiger partial charge >= 0.3 is 0 Å². The van der Waals surface area contributed by atoms with Crippen LogP contribution in [0.4, 0.5) is 0 Å². The molecule has 1 N–H and O–H groups in total. The molecule has 0 saturated heterocycles. The first-order valence-electron chi connectivity index (χ1n) is 9.68. The average Bonchev–Trinajstić information content (AvgIpc) is 2.57. The minimum absolute atomic E-state index is 0.0791. The highest BCUT2D eigenvalue weighted by Gasteiger charge is 2.29. The maximum absolute atomic E-state index is 12.9. The van der Waals surface area contributed by atoms with Gasteiger partial charge in [-0.15, -0.1) is 0 Å². The molecule has 0 aliphatic heterocycles. The highest BCUT2D eigenvalue weighted by molar-refractivity contribution is 6.11. The Morgan fingerprint density at radius 3 is 2.24 bits per heavy atom. The lowest BCUT2D eigenvalue weighted by Gasteiger charge is -2.28. The van der Waals surface area contributed by atoms with Crippen molar-refractivity contribution in [3.63, 3.8) is 0 Å². The van der Waals surface area contributed by atoms with E-state index in [1.54, 1.807) is 0 Å². The summed E-state index contributed by atoms with van der Waals surface area (Å²) >= 11 is 0. The first-order valence-corrected chi connectivity index (χ1v) is 9.68. The van der Waals surface area contributed by atoms with E-state index in [4.69, 9.17) is 0 Å². The van der Waals surface area contributed by atoms with Crippen molar-refractivity contribution < 1.29 is 9.59 Å². The highest BCUT2D eigenvalue weighted by atomic mass is 16.1. The molecular weight excluding hydrogens is 310 g/mol. The number of benzene rings is 1. The standard InChI is InChI=1S/C22H33NO2/c1-13(2)21(24)19-10-8-17-11-16(12-23-15(5)6)7-9-18(17)20(19)22(25)14(3)4/h8,10,13-16,23H,7,9,11-12H2,1-6H3. The average molecular weight is 344 g/mol. The van der Waals surface area contributed by atoms with Crippen molar-refractivity contribution in [2.75, 3.05) is 6.54 Å². The zero-order valence-corrected chi connectivity index (χ0v) is 16.6. The fourth-order valence-electron chi connectivity index (χ4n) is 3.59. The maximum atomic E-state index is 12.9. The Kier molecular flexibility index (Phi) is 6.56. The summed E-state index contributed by atoms with van der Waals surface area (Å²) in [6.45, 7) is 13.0. The van der Waals surface area contributed by atoms with Crippen molar-refractivity contribution >= 4 is 11.6 Å². The van der Waals surface area contributed by atoms with Gasteiger partial charge in [0.05, 0.1) is 0 Å². The summed E-state index contributed by atoms with van der Waals surface area (Å²) in [6.07, 6.45) is 2.96. The molecule has 1 aliphatic carbocycles. The second kappa shape index (κ2) is 8.27. The minimum Gasteiger partial charge on any atom is -0.314 e. The number of hydrogen-bond acceptors (Lipinski definition) is 3. The fourth-order valence-corrected chi connectivity index (χ4v) is 3.59. The molecule has 1 atom stereocenters. The first-order chi connectivity index (χ1) is 11.7. The van der Waals surface area contributed by atoms with Gasteiger partial charge < -0.3 is 5.32 Å². The molecule has 0 aromatic heterocycles. The van der Waals surface area contributed by atoms with Gasteiger partial charge in [0.15, 0.2) is 11.6 Å². The van der Waals surface area contributed by atoms with Gasteiger partial charge in [0.25, 0.3) is 0 Å². The van der Waals surface area contributed by atoms with Gasteiger partial charge in [-0.05, 0) is 42.9 Å². The molecule has 25 heavy (non-hydrogen) atoms. The molecule has 1 aromatic rings. The summed E-state index contributed by atoms with van der Waals surface area (Å²) in [7, 11) is 0. The van der Waals surface area contributed by atoms with Gasteiger partial charge in [0.2, 0.25) is 0 Å². The number of ketones is 2. The van der Waals surface area contributed by atoms with E-state index >= 15 is 0 Å². The van der Waals surface area contributed by atoms with Crippen LogP contribution in [-0.2, 0) is 12.8 Å². The molecule has 0 heterocycles. The molecular formula is C22H33NO2. The van der Waals surface area contributed by atoms with Crippen molar-refractivity contribution in [3.8, 4) is 0 Å². The Hall–Kier alpha value is -1.48. The van der Waals surface area contributed by atoms with Gasteiger partial charge in [-0.1, -0.05) is 53.7 Å². The molecule has 2 rings (SSSR count). The number of Topliss-reactive ketones (excluding diaryl/α,β-unsaturated/α-hetero) is 2. The molecule has 0 saturated carbocycles. The lowest BCUT2D eigenvalue weighted by atomic mass is 9.77. The zero-order valence-electron chi connectivity index (χ0n) is 16.6. The Balaban J connectivity index is 2.40. The van der Waals surface area contributed by atoms with Crippen LogP contribution in [0.5, 0.6) is 0 Å². The predicted octanol–water partition coefficient (Wildman–Crippen LogP) is 4.47. The minimum atomic E-state index is -0.0941. The van der Waals surface area contributed by atoms with Crippen LogP contribution in [0.2, 0.25) is 0 Å². The normalized spacial score (nSPS) is 17.2. The number of nitrogens with one attached hydrogen (secondary N) is 1. The van der Waals surface area contributed by atoms with Crippen molar-refractivity contribution in [1.82, 2.24) is 5.32 Å². The van der Waals surface area contributed by atoms with E-state index in [1.165, 1.54) is 5.56 Å². The van der Waals surface area contributed by atoms with E-state index in [1.807, 2.05) is 33.8 Å². The lowest BCUT2D eigenvalue weighted by Crippen LogP contribution is -2.32. The molecule has 1 aliphatic rings. The third kappa shape index (κ3) is 4.58.